The third-order valence-electron chi connectivity index (χ3n) is 4.23. The van der Waals surface area contributed by atoms with Gasteiger partial charge in [-0.2, -0.15) is 0 Å². The van der Waals surface area contributed by atoms with Crippen molar-refractivity contribution < 1.29 is 9.59 Å². The third-order valence-corrected chi connectivity index (χ3v) is 4.23. The first kappa shape index (κ1) is 17.0. The molecule has 0 atom stereocenters. The summed E-state index contributed by atoms with van der Waals surface area (Å²) in [5, 5.41) is 8.39. The van der Waals surface area contributed by atoms with Gasteiger partial charge in [-0.1, -0.05) is 18.2 Å². The summed E-state index contributed by atoms with van der Waals surface area (Å²) in [6.07, 6.45) is 4.40. The summed E-state index contributed by atoms with van der Waals surface area (Å²) in [6.45, 7) is -0.0861. The number of urea groups is 1. The zero-order valence-electron chi connectivity index (χ0n) is 14.0. The number of amides is 3. The Hall–Kier alpha value is -2.86. The first-order valence-corrected chi connectivity index (χ1v) is 8.44. The molecule has 2 aromatic carbocycles. The van der Waals surface area contributed by atoms with E-state index in [-0.39, 0.29) is 18.5 Å². The topological polar surface area (TPSA) is 96.2 Å². The van der Waals surface area contributed by atoms with Crippen LogP contribution in [0.5, 0.6) is 0 Å². The number of fused-ring (bicyclic) bond motifs is 1. The summed E-state index contributed by atoms with van der Waals surface area (Å²) in [5.41, 5.74) is 9.88. The Labute approximate surface area is 146 Å². The molecule has 0 bridgehead atoms. The first-order valence-electron chi connectivity index (χ1n) is 8.44. The maximum absolute atomic E-state index is 12.3. The maximum Gasteiger partial charge on any atom is 0.323 e. The van der Waals surface area contributed by atoms with Gasteiger partial charge in [0.25, 0.3) is 0 Å². The first-order chi connectivity index (χ1) is 12.2. The SMILES string of the molecule is NCC(=O)Nc1cccc(NC(=O)Nc2cccc3c2CCCC3)c1. The molecule has 3 rings (SSSR count). The lowest BCUT2D eigenvalue weighted by Gasteiger charge is -2.19. The molecule has 1 aliphatic carbocycles. The lowest BCUT2D eigenvalue weighted by molar-refractivity contribution is -0.114. The van der Waals surface area contributed by atoms with Gasteiger partial charge < -0.3 is 21.7 Å². The van der Waals surface area contributed by atoms with E-state index in [2.05, 4.69) is 22.0 Å². The number of anilines is 3. The summed E-state index contributed by atoms with van der Waals surface area (Å²) in [7, 11) is 0. The number of rotatable bonds is 4. The second-order valence-corrected chi connectivity index (χ2v) is 6.06. The minimum atomic E-state index is -0.304. The summed E-state index contributed by atoms with van der Waals surface area (Å²) in [4.78, 5) is 23.7. The molecule has 0 spiro atoms. The van der Waals surface area contributed by atoms with Gasteiger partial charge in [-0.05, 0) is 61.1 Å². The Morgan fingerprint density at radius 3 is 2.44 bits per heavy atom. The van der Waals surface area contributed by atoms with E-state index in [0.29, 0.717) is 11.4 Å². The van der Waals surface area contributed by atoms with Gasteiger partial charge in [-0.15, -0.1) is 0 Å². The molecule has 25 heavy (non-hydrogen) atoms. The smallest absolute Gasteiger partial charge is 0.323 e. The molecule has 6 nitrogen and oxygen atoms in total. The third kappa shape index (κ3) is 4.36. The lowest BCUT2D eigenvalue weighted by Crippen LogP contribution is -2.22. The van der Waals surface area contributed by atoms with Crippen molar-refractivity contribution in [1.82, 2.24) is 0 Å². The lowest BCUT2D eigenvalue weighted by atomic mass is 9.90. The quantitative estimate of drug-likeness (QED) is 0.689. The van der Waals surface area contributed by atoms with E-state index in [4.69, 9.17) is 5.73 Å². The molecule has 0 saturated heterocycles. The molecule has 0 aliphatic heterocycles. The number of benzene rings is 2. The highest BCUT2D eigenvalue weighted by atomic mass is 16.2. The normalized spacial score (nSPS) is 12.8. The largest absolute Gasteiger partial charge is 0.325 e. The molecule has 0 aromatic heterocycles. The fourth-order valence-corrected chi connectivity index (χ4v) is 3.07. The Morgan fingerprint density at radius 1 is 0.920 bits per heavy atom. The van der Waals surface area contributed by atoms with Gasteiger partial charge in [0, 0.05) is 17.1 Å². The maximum atomic E-state index is 12.3. The molecule has 2 aromatic rings. The number of carbonyl (C=O) groups is 2. The molecular weight excluding hydrogens is 316 g/mol. The second kappa shape index (κ2) is 7.81. The highest BCUT2D eigenvalue weighted by Gasteiger charge is 2.14. The van der Waals surface area contributed by atoms with Crippen molar-refractivity contribution >= 4 is 29.0 Å². The predicted molar refractivity (Wildman–Crippen MR) is 99.9 cm³/mol. The molecule has 0 fully saturated rings. The fraction of sp³-hybridized carbons (Fsp3) is 0.263. The van der Waals surface area contributed by atoms with Crippen LogP contribution in [-0.2, 0) is 17.6 Å². The number of aryl methyl sites for hydroxylation is 1. The zero-order valence-corrected chi connectivity index (χ0v) is 14.0. The molecule has 130 valence electrons. The molecule has 5 N–H and O–H groups in total. The molecule has 6 heteroatoms. The molecule has 1 aliphatic rings. The average molecular weight is 338 g/mol. The van der Waals surface area contributed by atoms with Gasteiger partial charge in [0.2, 0.25) is 5.91 Å². The summed E-state index contributed by atoms with van der Waals surface area (Å²) in [6, 6.07) is 12.7. The van der Waals surface area contributed by atoms with Gasteiger partial charge in [0.05, 0.1) is 6.54 Å². The van der Waals surface area contributed by atoms with E-state index in [1.165, 1.54) is 17.5 Å². The van der Waals surface area contributed by atoms with E-state index >= 15 is 0 Å². The molecular formula is C19H22N4O2. The van der Waals surface area contributed by atoms with E-state index < -0.39 is 0 Å². The van der Waals surface area contributed by atoms with Crippen LogP contribution in [-0.4, -0.2) is 18.5 Å². The van der Waals surface area contributed by atoms with Crippen LogP contribution in [0.4, 0.5) is 21.9 Å². The number of nitrogens with one attached hydrogen (secondary N) is 3. The Morgan fingerprint density at radius 2 is 1.64 bits per heavy atom. The average Bonchev–Trinajstić information content (AvgIpc) is 2.62. The molecule has 3 amide bonds. The molecule has 0 heterocycles. The van der Waals surface area contributed by atoms with Crippen LogP contribution < -0.4 is 21.7 Å². The van der Waals surface area contributed by atoms with Crippen LogP contribution in [0.3, 0.4) is 0 Å². The van der Waals surface area contributed by atoms with Crippen LogP contribution in [0.2, 0.25) is 0 Å². The van der Waals surface area contributed by atoms with E-state index in [0.717, 1.165) is 24.9 Å². The minimum absolute atomic E-state index is 0.0861. The highest BCUT2D eigenvalue weighted by molar-refractivity contribution is 6.01. The summed E-state index contributed by atoms with van der Waals surface area (Å²) >= 11 is 0. The summed E-state index contributed by atoms with van der Waals surface area (Å²) < 4.78 is 0. The zero-order chi connectivity index (χ0) is 17.6. The minimum Gasteiger partial charge on any atom is -0.325 e. The van der Waals surface area contributed by atoms with Gasteiger partial charge in [-0.25, -0.2) is 4.79 Å². The van der Waals surface area contributed by atoms with Gasteiger partial charge in [-0.3, -0.25) is 4.79 Å². The van der Waals surface area contributed by atoms with Crippen molar-refractivity contribution in [2.75, 3.05) is 22.5 Å². The van der Waals surface area contributed by atoms with Gasteiger partial charge in [0.1, 0.15) is 0 Å². The predicted octanol–water partition coefficient (Wildman–Crippen LogP) is 3.11. The van der Waals surface area contributed by atoms with E-state index in [1.807, 2.05) is 12.1 Å². The van der Waals surface area contributed by atoms with Crippen molar-refractivity contribution in [3.8, 4) is 0 Å². The number of nitrogens with two attached hydrogens (primary N) is 1. The Kier molecular flexibility index (Phi) is 5.30. The van der Waals surface area contributed by atoms with Gasteiger partial charge in [0.15, 0.2) is 0 Å². The number of carbonyl (C=O) groups excluding carboxylic acids is 2. The molecule has 0 unspecified atom stereocenters. The van der Waals surface area contributed by atoms with Crippen LogP contribution in [0.15, 0.2) is 42.5 Å². The van der Waals surface area contributed by atoms with Crippen molar-refractivity contribution in [2.24, 2.45) is 5.73 Å². The summed E-state index contributed by atoms with van der Waals surface area (Å²) in [5.74, 6) is -0.280. The Bertz CT molecular complexity index is 789. The van der Waals surface area contributed by atoms with E-state index in [1.54, 1.807) is 24.3 Å². The monoisotopic (exact) mass is 338 g/mol. The second-order valence-electron chi connectivity index (χ2n) is 6.06. The van der Waals surface area contributed by atoms with Gasteiger partial charge >= 0.3 is 6.03 Å². The number of hydrogen-bond donors (Lipinski definition) is 4. The van der Waals surface area contributed by atoms with Crippen molar-refractivity contribution in [3.63, 3.8) is 0 Å². The molecule has 0 saturated carbocycles. The van der Waals surface area contributed by atoms with Crippen molar-refractivity contribution in [3.05, 3.63) is 53.6 Å². The van der Waals surface area contributed by atoms with Crippen LogP contribution >= 0.6 is 0 Å². The fourth-order valence-electron chi connectivity index (χ4n) is 3.07. The van der Waals surface area contributed by atoms with Crippen molar-refractivity contribution in [2.45, 2.75) is 25.7 Å². The number of hydrogen-bond acceptors (Lipinski definition) is 3. The highest BCUT2D eigenvalue weighted by Crippen LogP contribution is 2.28. The van der Waals surface area contributed by atoms with Crippen LogP contribution in [0.25, 0.3) is 0 Å². The van der Waals surface area contributed by atoms with E-state index in [9.17, 15) is 9.59 Å². The Balaban J connectivity index is 1.67. The molecule has 0 radical (unpaired) electrons. The van der Waals surface area contributed by atoms with Crippen LogP contribution in [0, 0.1) is 0 Å². The standard InChI is InChI=1S/C19H22N4O2/c20-12-18(24)21-14-7-4-8-15(11-14)22-19(25)23-17-10-3-6-13-5-1-2-9-16(13)17/h3-4,6-8,10-11H,1-2,5,9,12,20H2,(H,21,24)(H2,22,23,25). The van der Waals surface area contributed by atoms with Crippen LogP contribution in [0.1, 0.15) is 24.0 Å². The van der Waals surface area contributed by atoms with Crippen molar-refractivity contribution in [1.29, 1.82) is 0 Å².